The van der Waals surface area contributed by atoms with Gasteiger partial charge in [0.05, 0.1) is 0 Å². The number of rotatable bonds is 2. The van der Waals surface area contributed by atoms with Crippen LogP contribution in [0.4, 0.5) is 13.2 Å². The van der Waals surface area contributed by atoms with Crippen LogP contribution in [0.15, 0.2) is 0 Å². The standard InChI is InChI=1S/C9H14F3N/c1-6-4-7(5-6)13-8(2-3-8)9(10,11)12/h6-7,13H,2-5H2,1H3. The van der Waals surface area contributed by atoms with Gasteiger partial charge >= 0.3 is 6.18 Å². The van der Waals surface area contributed by atoms with Gasteiger partial charge in [-0.2, -0.15) is 13.2 Å². The van der Waals surface area contributed by atoms with Crippen LogP contribution in [0, 0.1) is 5.92 Å². The summed E-state index contributed by atoms with van der Waals surface area (Å²) < 4.78 is 37.4. The summed E-state index contributed by atoms with van der Waals surface area (Å²) in [5.41, 5.74) is -1.50. The molecule has 2 rings (SSSR count). The van der Waals surface area contributed by atoms with Crippen LogP contribution >= 0.6 is 0 Å². The molecule has 0 radical (unpaired) electrons. The summed E-state index contributed by atoms with van der Waals surface area (Å²) >= 11 is 0. The van der Waals surface area contributed by atoms with Crippen LogP contribution in [-0.4, -0.2) is 17.8 Å². The lowest BCUT2D eigenvalue weighted by molar-refractivity contribution is -0.170. The molecule has 0 bridgehead atoms. The van der Waals surface area contributed by atoms with Gasteiger partial charge in [-0.15, -0.1) is 0 Å². The van der Waals surface area contributed by atoms with Crippen LogP contribution in [0.2, 0.25) is 0 Å². The van der Waals surface area contributed by atoms with Crippen LogP contribution in [-0.2, 0) is 0 Å². The maximum absolute atomic E-state index is 12.5. The molecule has 0 aromatic heterocycles. The smallest absolute Gasteiger partial charge is 0.301 e. The Hall–Kier alpha value is -0.250. The van der Waals surface area contributed by atoms with Crippen molar-refractivity contribution in [3.8, 4) is 0 Å². The first-order valence-electron chi connectivity index (χ1n) is 4.77. The van der Waals surface area contributed by atoms with Gasteiger partial charge in [0.1, 0.15) is 5.54 Å². The van der Waals surface area contributed by atoms with Crippen LogP contribution < -0.4 is 5.32 Å². The second kappa shape index (κ2) is 2.62. The van der Waals surface area contributed by atoms with Gasteiger partial charge in [-0.05, 0) is 31.6 Å². The van der Waals surface area contributed by atoms with E-state index in [0.717, 1.165) is 12.8 Å². The minimum absolute atomic E-state index is 0.110. The molecule has 2 fully saturated rings. The maximum Gasteiger partial charge on any atom is 0.406 e. The fourth-order valence-corrected chi connectivity index (χ4v) is 2.05. The topological polar surface area (TPSA) is 12.0 Å². The third-order valence-electron chi connectivity index (χ3n) is 3.15. The molecule has 0 heterocycles. The third-order valence-corrected chi connectivity index (χ3v) is 3.15. The third kappa shape index (κ3) is 1.56. The molecule has 0 unspecified atom stereocenters. The van der Waals surface area contributed by atoms with E-state index in [1.807, 2.05) is 0 Å². The van der Waals surface area contributed by atoms with E-state index in [2.05, 4.69) is 12.2 Å². The van der Waals surface area contributed by atoms with Crippen molar-refractivity contribution in [1.82, 2.24) is 5.32 Å². The SMILES string of the molecule is CC1CC(NC2(C(F)(F)F)CC2)C1. The lowest BCUT2D eigenvalue weighted by Crippen LogP contribution is -2.53. The molecule has 13 heavy (non-hydrogen) atoms. The molecule has 0 atom stereocenters. The van der Waals surface area contributed by atoms with Crippen molar-refractivity contribution in [2.75, 3.05) is 0 Å². The Labute approximate surface area is 75.7 Å². The van der Waals surface area contributed by atoms with Crippen molar-refractivity contribution in [2.24, 2.45) is 5.92 Å². The zero-order valence-corrected chi connectivity index (χ0v) is 7.62. The van der Waals surface area contributed by atoms with Gasteiger partial charge in [0.15, 0.2) is 0 Å². The Morgan fingerprint density at radius 3 is 2.08 bits per heavy atom. The van der Waals surface area contributed by atoms with Gasteiger partial charge in [-0.25, -0.2) is 0 Å². The Morgan fingerprint density at radius 2 is 1.77 bits per heavy atom. The molecular formula is C9H14F3N. The number of hydrogen-bond donors (Lipinski definition) is 1. The Balaban J connectivity index is 1.88. The highest BCUT2D eigenvalue weighted by Crippen LogP contribution is 2.50. The fraction of sp³-hybridized carbons (Fsp3) is 1.00. The molecule has 1 N–H and O–H groups in total. The second-order valence-electron chi connectivity index (χ2n) is 4.50. The minimum Gasteiger partial charge on any atom is -0.301 e. The highest BCUT2D eigenvalue weighted by Gasteiger charge is 2.64. The van der Waals surface area contributed by atoms with Crippen molar-refractivity contribution in [2.45, 2.75) is 50.4 Å². The number of nitrogens with one attached hydrogen (secondary N) is 1. The summed E-state index contributed by atoms with van der Waals surface area (Å²) in [6.45, 7) is 2.07. The zero-order chi connectivity index (χ0) is 9.69. The first-order valence-corrected chi connectivity index (χ1v) is 4.77. The molecule has 0 saturated heterocycles. The van der Waals surface area contributed by atoms with Gasteiger partial charge < -0.3 is 5.32 Å². The maximum atomic E-state index is 12.5. The van der Waals surface area contributed by atoms with Gasteiger partial charge in [-0.3, -0.25) is 0 Å². The average Bonchev–Trinajstić information content (AvgIpc) is 2.63. The average molecular weight is 193 g/mol. The van der Waals surface area contributed by atoms with Crippen molar-refractivity contribution in [3.05, 3.63) is 0 Å². The fourth-order valence-electron chi connectivity index (χ4n) is 2.05. The number of alkyl halides is 3. The summed E-state index contributed by atoms with van der Waals surface area (Å²) in [4.78, 5) is 0. The molecule has 0 amide bonds. The van der Waals surface area contributed by atoms with E-state index >= 15 is 0 Å². The van der Waals surface area contributed by atoms with E-state index in [4.69, 9.17) is 0 Å². The van der Waals surface area contributed by atoms with Crippen molar-refractivity contribution in [3.63, 3.8) is 0 Å². The molecule has 1 nitrogen and oxygen atoms in total. The Morgan fingerprint density at radius 1 is 1.23 bits per heavy atom. The summed E-state index contributed by atoms with van der Waals surface area (Å²) in [7, 11) is 0. The van der Waals surface area contributed by atoms with Crippen molar-refractivity contribution in [1.29, 1.82) is 0 Å². The number of hydrogen-bond acceptors (Lipinski definition) is 1. The molecule has 0 spiro atoms. The van der Waals surface area contributed by atoms with Gasteiger partial charge in [-0.1, -0.05) is 6.92 Å². The minimum atomic E-state index is -4.05. The lowest BCUT2D eigenvalue weighted by atomic mass is 9.81. The van der Waals surface area contributed by atoms with E-state index < -0.39 is 11.7 Å². The predicted molar refractivity (Wildman–Crippen MR) is 43.3 cm³/mol. The largest absolute Gasteiger partial charge is 0.406 e. The van der Waals surface area contributed by atoms with E-state index in [1.165, 1.54) is 0 Å². The van der Waals surface area contributed by atoms with E-state index in [1.54, 1.807) is 0 Å². The van der Waals surface area contributed by atoms with Gasteiger partial charge in [0.25, 0.3) is 0 Å². The van der Waals surface area contributed by atoms with Crippen molar-refractivity contribution < 1.29 is 13.2 Å². The molecular weight excluding hydrogens is 179 g/mol. The van der Waals surface area contributed by atoms with E-state index in [9.17, 15) is 13.2 Å². The summed E-state index contributed by atoms with van der Waals surface area (Å²) in [5.74, 6) is 0.599. The highest BCUT2D eigenvalue weighted by atomic mass is 19.4. The monoisotopic (exact) mass is 193 g/mol. The quantitative estimate of drug-likeness (QED) is 0.710. The van der Waals surface area contributed by atoms with Gasteiger partial charge in [0.2, 0.25) is 0 Å². The highest BCUT2D eigenvalue weighted by molar-refractivity contribution is 5.10. The number of halogens is 3. The first-order chi connectivity index (χ1) is 5.93. The summed E-state index contributed by atoms with van der Waals surface area (Å²) in [6, 6.07) is 0.110. The molecule has 4 heteroatoms. The summed E-state index contributed by atoms with van der Waals surface area (Å²) in [6.07, 6.45) is -1.72. The summed E-state index contributed by atoms with van der Waals surface area (Å²) in [5, 5.41) is 2.75. The molecule has 0 aromatic carbocycles. The molecule has 2 saturated carbocycles. The van der Waals surface area contributed by atoms with Crippen LogP contribution in [0.5, 0.6) is 0 Å². The molecule has 76 valence electrons. The molecule has 0 aromatic rings. The lowest BCUT2D eigenvalue weighted by Gasteiger charge is -2.37. The molecule has 2 aliphatic carbocycles. The van der Waals surface area contributed by atoms with Crippen LogP contribution in [0.25, 0.3) is 0 Å². The Bertz CT molecular complexity index is 201. The van der Waals surface area contributed by atoms with Crippen molar-refractivity contribution >= 4 is 0 Å². The zero-order valence-electron chi connectivity index (χ0n) is 7.62. The van der Waals surface area contributed by atoms with E-state index in [0.29, 0.717) is 5.92 Å². The van der Waals surface area contributed by atoms with Crippen LogP contribution in [0.1, 0.15) is 32.6 Å². The van der Waals surface area contributed by atoms with E-state index in [-0.39, 0.29) is 18.9 Å². The normalized spacial score (nSPS) is 36.9. The predicted octanol–water partition coefficient (Wildman–Crippen LogP) is 2.47. The van der Waals surface area contributed by atoms with Crippen LogP contribution in [0.3, 0.4) is 0 Å². The Kier molecular flexibility index (Phi) is 1.88. The second-order valence-corrected chi connectivity index (χ2v) is 4.50. The first kappa shape index (κ1) is 9.31. The van der Waals surface area contributed by atoms with Gasteiger partial charge in [0, 0.05) is 6.04 Å². The molecule has 2 aliphatic rings. The molecule has 0 aliphatic heterocycles.